The molecular formula is C52H32N4. The Labute approximate surface area is 323 Å². The van der Waals surface area contributed by atoms with Crippen molar-refractivity contribution < 1.29 is 0 Å². The number of hydrogen-bond donors (Lipinski definition) is 0. The minimum atomic E-state index is 0.899. The van der Waals surface area contributed by atoms with Gasteiger partial charge >= 0.3 is 0 Å². The van der Waals surface area contributed by atoms with Crippen LogP contribution in [-0.4, -0.2) is 19.9 Å². The van der Waals surface area contributed by atoms with Crippen LogP contribution >= 0.6 is 0 Å². The van der Waals surface area contributed by atoms with E-state index in [0.717, 1.165) is 99.8 Å². The largest absolute Gasteiger partial charge is 0.248 e. The molecular weight excluding hydrogens is 681 g/mol. The molecule has 0 aliphatic carbocycles. The molecule has 0 aliphatic rings. The summed E-state index contributed by atoms with van der Waals surface area (Å²) in [6.07, 6.45) is 0. The molecule has 0 unspecified atom stereocenters. The van der Waals surface area contributed by atoms with Gasteiger partial charge in [-0.05, 0) is 76.5 Å². The van der Waals surface area contributed by atoms with E-state index < -0.39 is 0 Å². The Bertz CT molecular complexity index is 3320. The Morgan fingerprint density at radius 3 is 1.43 bits per heavy atom. The van der Waals surface area contributed by atoms with Gasteiger partial charge in [0.05, 0.1) is 44.8 Å². The van der Waals surface area contributed by atoms with Gasteiger partial charge < -0.3 is 0 Å². The summed E-state index contributed by atoms with van der Waals surface area (Å²) >= 11 is 0. The maximum atomic E-state index is 5.19. The van der Waals surface area contributed by atoms with Crippen LogP contribution in [0.25, 0.3) is 111 Å². The Morgan fingerprint density at radius 2 is 0.679 bits per heavy atom. The number of nitrogens with zero attached hydrogens (tertiary/aromatic N) is 4. The number of pyridine rings is 4. The topological polar surface area (TPSA) is 51.6 Å². The molecule has 7 aromatic carbocycles. The lowest BCUT2D eigenvalue weighted by Crippen LogP contribution is -1.91. The molecule has 11 aromatic rings. The van der Waals surface area contributed by atoms with Gasteiger partial charge in [0.15, 0.2) is 0 Å². The molecule has 0 radical (unpaired) electrons. The molecule has 0 saturated carbocycles. The van der Waals surface area contributed by atoms with Gasteiger partial charge in [-0.3, -0.25) is 0 Å². The van der Waals surface area contributed by atoms with Gasteiger partial charge in [-0.25, -0.2) is 19.9 Å². The standard InChI is InChI=1S/C52H32N4/c1-2-8-34(9-3-1)45-25-20-36-15-16-37-21-26-49(56-52(37)51(36)55-45)42-12-6-11-41(31-42)46-28-23-44-30-39(22-27-47(44)53-46)40-17-14-35-19-24-48(54-50(35)32-40)43-18-13-33-7-4-5-10-38(33)29-43/h1-32H. The van der Waals surface area contributed by atoms with Crippen molar-refractivity contribution in [3.05, 3.63) is 194 Å². The third kappa shape index (κ3) is 5.72. The zero-order valence-electron chi connectivity index (χ0n) is 30.3. The van der Waals surface area contributed by atoms with E-state index in [1.54, 1.807) is 0 Å². The highest BCUT2D eigenvalue weighted by atomic mass is 14.8. The monoisotopic (exact) mass is 712 g/mol. The van der Waals surface area contributed by atoms with E-state index in [9.17, 15) is 0 Å². The molecule has 0 N–H and O–H groups in total. The normalized spacial score (nSPS) is 11.6. The Morgan fingerprint density at radius 1 is 0.214 bits per heavy atom. The molecule has 56 heavy (non-hydrogen) atoms. The van der Waals surface area contributed by atoms with Gasteiger partial charge in [-0.15, -0.1) is 0 Å². The van der Waals surface area contributed by atoms with E-state index in [1.165, 1.54) is 10.8 Å². The Kier molecular flexibility index (Phi) is 7.46. The van der Waals surface area contributed by atoms with Crippen molar-refractivity contribution in [1.29, 1.82) is 0 Å². The molecule has 0 saturated heterocycles. The average molecular weight is 713 g/mol. The molecule has 4 nitrogen and oxygen atoms in total. The first-order valence-corrected chi connectivity index (χ1v) is 18.9. The van der Waals surface area contributed by atoms with Gasteiger partial charge in [0, 0.05) is 43.8 Å². The van der Waals surface area contributed by atoms with Crippen LogP contribution in [0.4, 0.5) is 0 Å². The fraction of sp³-hybridized carbons (Fsp3) is 0. The zero-order valence-corrected chi connectivity index (χ0v) is 30.3. The summed E-state index contributed by atoms with van der Waals surface area (Å²) in [7, 11) is 0. The summed E-state index contributed by atoms with van der Waals surface area (Å²) in [6.45, 7) is 0. The van der Waals surface area contributed by atoms with Crippen molar-refractivity contribution in [2.75, 3.05) is 0 Å². The first kappa shape index (κ1) is 31.9. The highest BCUT2D eigenvalue weighted by Crippen LogP contribution is 2.33. The number of hydrogen-bond acceptors (Lipinski definition) is 4. The number of rotatable bonds is 5. The summed E-state index contributed by atoms with van der Waals surface area (Å²) < 4.78 is 0. The van der Waals surface area contributed by atoms with Crippen molar-refractivity contribution >= 4 is 54.4 Å². The molecule has 0 aliphatic heterocycles. The van der Waals surface area contributed by atoms with Crippen molar-refractivity contribution in [2.45, 2.75) is 0 Å². The summed E-state index contributed by atoms with van der Waals surface area (Å²) in [6, 6.07) is 68.0. The van der Waals surface area contributed by atoms with Crippen LogP contribution in [0.15, 0.2) is 194 Å². The van der Waals surface area contributed by atoms with E-state index in [4.69, 9.17) is 19.9 Å². The predicted molar refractivity (Wildman–Crippen MR) is 232 cm³/mol. The minimum absolute atomic E-state index is 0.899. The zero-order chi connectivity index (χ0) is 37.0. The third-order valence-corrected chi connectivity index (χ3v) is 10.8. The highest BCUT2D eigenvalue weighted by molar-refractivity contribution is 6.04. The molecule has 4 heterocycles. The second-order valence-corrected chi connectivity index (χ2v) is 14.3. The second kappa shape index (κ2) is 13.1. The van der Waals surface area contributed by atoms with Crippen LogP contribution < -0.4 is 0 Å². The van der Waals surface area contributed by atoms with Gasteiger partial charge in [0.2, 0.25) is 0 Å². The van der Waals surface area contributed by atoms with E-state index in [0.29, 0.717) is 0 Å². The quantitative estimate of drug-likeness (QED) is 0.167. The summed E-state index contributed by atoms with van der Waals surface area (Å²) in [5.74, 6) is 0. The number of aromatic nitrogens is 4. The van der Waals surface area contributed by atoms with Crippen LogP contribution in [0.1, 0.15) is 0 Å². The van der Waals surface area contributed by atoms with E-state index in [2.05, 4.69) is 176 Å². The Balaban J connectivity index is 0.903. The summed E-state index contributed by atoms with van der Waals surface area (Å²) in [5, 5.41) is 6.79. The van der Waals surface area contributed by atoms with Crippen molar-refractivity contribution in [3.63, 3.8) is 0 Å². The lowest BCUT2D eigenvalue weighted by atomic mass is 10.00. The maximum absolute atomic E-state index is 5.19. The smallest absolute Gasteiger partial charge is 0.0972 e. The van der Waals surface area contributed by atoms with Crippen molar-refractivity contribution in [1.82, 2.24) is 19.9 Å². The Hall–Kier alpha value is -7.56. The van der Waals surface area contributed by atoms with Crippen LogP contribution in [0.3, 0.4) is 0 Å². The lowest BCUT2D eigenvalue weighted by Gasteiger charge is -2.10. The molecule has 0 atom stereocenters. The summed E-state index contributed by atoms with van der Waals surface area (Å²) in [5.41, 5.74) is 14.0. The SMILES string of the molecule is c1ccc(-c2ccc3ccc4ccc(-c5cccc(-c6ccc7cc(-c8ccc9ccc(-c%10ccc%11ccccc%11c%10)nc9c8)ccc7n6)c5)nc4c3n2)cc1. The van der Waals surface area contributed by atoms with Crippen LogP contribution in [-0.2, 0) is 0 Å². The number of benzene rings is 7. The van der Waals surface area contributed by atoms with E-state index >= 15 is 0 Å². The summed E-state index contributed by atoms with van der Waals surface area (Å²) in [4.78, 5) is 20.5. The third-order valence-electron chi connectivity index (χ3n) is 10.8. The number of fused-ring (bicyclic) bond motifs is 6. The van der Waals surface area contributed by atoms with Gasteiger partial charge in [-0.2, -0.15) is 0 Å². The van der Waals surface area contributed by atoms with Gasteiger partial charge in [0.25, 0.3) is 0 Å². The molecule has 0 fully saturated rings. The highest BCUT2D eigenvalue weighted by Gasteiger charge is 2.12. The molecule has 4 heteroatoms. The van der Waals surface area contributed by atoms with Crippen molar-refractivity contribution in [2.24, 2.45) is 0 Å². The van der Waals surface area contributed by atoms with E-state index in [1.807, 2.05) is 18.2 Å². The van der Waals surface area contributed by atoms with E-state index in [-0.39, 0.29) is 0 Å². The molecule has 11 rings (SSSR count). The fourth-order valence-corrected chi connectivity index (χ4v) is 7.81. The molecule has 4 aromatic heterocycles. The first-order valence-electron chi connectivity index (χ1n) is 18.9. The fourth-order valence-electron chi connectivity index (χ4n) is 7.81. The molecule has 260 valence electrons. The van der Waals surface area contributed by atoms with Crippen LogP contribution in [0.5, 0.6) is 0 Å². The van der Waals surface area contributed by atoms with Gasteiger partial charge in [0.1, 0.15) is 0 Å². The maximum Gasteiger partial charge on any atom is 0.0972 e. The van der Waals surface area contributed by atoms with Crippen molar-refractivity contribution in [3.8, 4) is 56.2 Å². The molecule has 0 spiro atoms. The molecule has 0 bridgehead atoms. The van der Waals surface area contributed by atoms with Crippen LogP contribution in [0, 0.1) is 0 Å². The molecule has 0 amide bonds. The predicted octanol–water partition coefficient (Wildman–Crippen LogP) is 13.4. The average Bonchev–Trinajstić information content (AvgIpc) is 3.28. The minimum Gasteiger partial charge on any atom is -0.248 e. The van der Waals surface area contributed by atoms with Gasteiger partial charge in [-0.1, -0.05) is 140 Å². The first-order chi connectivity index (χ1) is 27.7. The van der Waals surface area contributed by atoms with Crippen LogP contribution in [0.2, 0.25) is 0 Å². The lowest BCUT2D eigenvalue weighted by molar-refractivity contribution is 1.36. The second-order valence-electron chi connectivity index (χ2n) is 14.3.